The first-order chi connectivity index (χ1) is 13.6. The van der Waals surface area contributed by atoms with Crippen molar-refractivity contribution in [1.29, 1.82) is 0 Å². The van der Waals surface area contributed by atoms with Gasteiger partial charge in [0.15, 0.2) is 0 Å². The number of nitrogens with zero attached hydrogens (tertiary/aromatic N) is 4. The van der Waals surface area contributed by atoms with Crippen LogP contribution < -0.4 is 4.90 Å². The number of aromatic nitrogens is 2. The highest BCUT2D eigenvalue weighted by Crippen LogP contribution is 2.40. The molecule has 0 radical (unpaired) electrons. The Balaban J connectivity index is 1.41. The lowest BCUT2D eigenvalue weighted by atomic mass is 10.1. The van der Waals surface area contributed by atoms with Gasteiger partial charge in [0.1, 0.15) is 17.0 Å². The molecule has 0 bridgehead atoms. The summed E-state index contributed by atoms with van der Waals surface area (Å²) >= 11 is 5.15. The van der Waals surface area contributed by atoms with Crippen LogP contribution in [0.5, 0.6) is 0 Å². The number of piperazine rings is 1. The molecule has 6 nitrogen and oxygen atoms in total. The average Bonchev–Trinajstić information content (AvgIpc) is 3.29. The molecule has 0 amide bonds. The molecule has 1 fully saturated rings. The molecule has 1 saturated heterocycles. The first-order valence-corrected chi connectivity index (χ1v) is 12.4. The van der Waals surface area contributed by atoms with Crippen molar-refractivity contribution in [2.45, 2.75) is 24.2 Å². The summed E-state index contributed by atoms with van der Waals surface area (Å²) in [7, 11) is -3.51. The van der Waals surface area contributed by atoms with Crippen LogP contribution in [-0.4, -0.2) is 48.9 Å². The van der Waals surface area contributed by atoms with Gasteiger partial charge in [-0.3, -0.25) is 0 Å². The molecule has 0 N–H and O–H groups in total. The van der Waals surface area contributed by atoms with Gasteiger partial charge in [-0.15, -0.1) is 11.3 Å². The van der Waals surface area contributed by atoms with Crippen LogP contribution in [-0.2, 0) is 22.9 Å². The standard InChI is InChI=1S/C19H19BrN4O2S2/c20-14-5-1-2-7-16(14)28(25,26)24-10-8-23(9-11-24)18-17-13-4-3-6-15(13)27-19(17)22-12-21-18/h1-2,5,7,12H,3-4,6,8-11H2. The van der Waals surface area contributed by atoms with E-state index in [0.717, 1.165) is 23.5 Å². The third-order valence-electron chi connectivity index (χ3n) is 5.47. The van der Waals surface area contributed by atoms with Gasteiger partial charge in [0.25, 0.3) is 0 Å². The smallest absolute Gasteiger partial charge is 0.244 e. The molecule has 0 unspecified atom stereocenters. The number of hydrogen-bond donors (Lipinski definition) is 0. The topological polar surface area (TPSA) is 66.4 Å². The van der Waals surface area contributed by atoms with Crippen molar-refractivity contribution in [1.82, 2.24) is 14.3 Å². The van der Waals surface area contributed by atoms with Gasteiger partial charge < -0.3 is 4.90 Å². The molecule has 146 valence electrons. The SMILES string of the molecule is O=S(=O)(c1ccccc1Br)N1CCN(c2ncnc3sc4c(c23)CCC4)CC1. The van der Waals surface area contributed by atoms with Gasteiger partial charge in [-0.25, -0.2) is 18.4 Å². The van der Waals surface area contributed by atoms with Crippen molar-refractivity contribution in [3.05, 3.63) is 45.5 Å². The Labute approximate surface area is 176 Å². The van der Waals surface area contributed by atoms with Crippen molar-refractivity contribution >= 4 is 53.3 Å². The summed E-state index contributed by atoms with van der Waals surface area (Å²) in [5.41, 5.74) is 1.40. The second-order valence-corrected chi connectivity index (χ2v) is 10.9. The summed E-state index contributed by atoms with van der Waals surface area (Å²) in [5, 5.41) is 1.18. The number of fused-ring (bicyclic) bond motifs is 3. The summed E-state index contributed by atoms with van der Waals surface area (Å²) in [6.45, 7) is 2.14. The van der Waals surface area contributed by atoms with E-state index in [1.165, 1.54) is 22.2 Å². The highest BCUT2D eigenvalue weighted by molar-refractivity contribution is 9.10. The van der Waals surface area contributed by atoms with E-state index in [4.69, 9.17) is 0 Å². The molecule has 3 heterocycles. The van der Waals surface area contributed by atoms with Gasteiger partial charge in [-0.2, -0.15) is 4.31 Å². The molecule has 3 aromatic rings. The third kappa shape index (κ3) is 2.96. The van der Waals surface area contributed by atoms with E-state index in [1.807, 2.05) is 6.07 Å². The second kappa shape index (κ2) is 7.05. The van der Waals surface area contributed by atoms with E-state index in [2.05, 4.69) is 30.8 Å². The molecule has 1 aliphatic carbocycles. The van der Waals surface area contributed by atoms with E-state index >= 15 is 0 Å². The van der Waals surface area contributed by atoms with Gasteiger partial charge in [-0.05, 0) is 52.9 Å². The van der Waals surface area contributed by atoms with E-state index in [-0.39, 0.29) is 0 Å². The molecule has 1 aliphatic heterocycles. The Hall–Kier alpha value is -1.55. The second-order valence-electron chi connectivity index (χ2n) is 7.06. The van der Waals surface area contributed by atoms with Crippen LogP contribution in [0.1, 0.15) is 16.9 Å². The van der Waals surface area contributed by atoms with Crippen LogP contribution in [0.25, 0.3) is 10.2 Å². The van der Waals surface area contributed by atoms with E-state index in [0.29, 0.717) is 35.5 Å². The largest absolute Gasteiger partial charge is 0.353 e. The zero-order valence-electron chi connectivity index (χ0n) is 15.1. The third-order valence-corrected chi connectivity index (χ3v) is 9.58. The maximum absolute atomic E-state index is 13.0. The maximum Gasteiger partial charge on any atom is 0.244 e. The normalized spacial score (nSPS) is 18.0. The van der Waals surface area contributed by atoms with Crippen LogP contribution in [0.4, 0.5) is 5.82 Å². The summed E-state index contributed by atoms with van der Waals surface area (Å²) in [6.07, 6.45) is 5.05. The van der Waals surface area contributed by atoms with Gasteiger partial charge in [-0.1, -0.05) is 12.1 Å². The lowest BCUT2D eigenvalue weighted by Crippen LogP contribution is -2.49. The fourth-order valence-corrected chi connectivity index (χ4v) is 7.69. The van der Waals surface area contributed by atoms with Crippen molar-refractivity contribution in [3.63, 3.8) is 0 Å². The van der Waals surface area contributed by atoms with Crippen LogP contribution in [0, 0.1) is 0 Å². The first kappa shape index (κ1) is 18.5. The monoisotopic (exact) mass is 478 g/mol. The van der Waals surface area contributed by atoms with Crippen molar-refractivity contribution < 1.29 is 8.42 Å². The number of benzene rings is 1. The first-order valence-electron chi connectivity index (χ1n) is 9.30. The van der Waals surface area contributed by atoms with Crippen LogP contribution in [0.3, 0.4) is 0 Å². The number of sulfonamides is 1. The number of rotatable bonds is 3. The molecule has 1 aromatic carbocycles. The molecule has 2 aromatic heterocycles. The molecule has 0 saturated carbocycles. The number of aryl methyl sites for hydroxylation is 2. The van der Waals surface area contributed by atoms with Crippen LogP contribution in [0.15, 0.2) is 40.0 Å². The van der Waals surface area contributed by atoms with Crippen molar-refractivity contribution in [3.8, 4) is 0 Å². The molecule has 5 rings (SSSR count). The lowest BCUT2D eigenvalue weighted by Gasteiger charge is -2.35. The quantitative estimate of drug-likeness (QED) is 0.576. The van der Waals surface area contributed by atoms with Gasteiger partial charge in [0.2, 0.25) is 10.0 Å². The average molecular weight is 479 g/mol. The summed E-state index contributed by atoms with van der Waals surface area (Å²) in [6, 6.07) is 6.98. The predicted octanol–water partition coefficient (Wildman–Crippen LogP) is 3.45. The summed E-state index contributed by atoms with van der Waals surface area (Å²) < 4.78 is 28.2. The van der Waals surface area contributed by atoms with E-state index in [1.54, 1.807) is 40.2 Å². The summed E-state index contributed by atoms with van der Waals surface area (Å²) in [5.74, 6) is 0.960. The minimum absolute atomic E-state index is 0.323. The fourth-order valence-electron chi connectivity index (χ4n) is 4.08. The van der Waals surface area contributed by atoms with Crippen LogP contribution >= 0.6 is 27.3 Å². The Bertz CT molecular complexity index is 1150. The Morgan fingerprint density at radius 1 is 1.04 bits per heavy atom. The Morgan fingerprint density at radius 2 is 1.82 bits per heavy atom. The minimum atomic E-state index is -3.51. The number of hydrogen-bond acceptors (Lipinski definition) is 6. The molecular weight excluding hydrogens is 460 g/mol. The zero-order chi connectivity index (χ0) is 19.3. The molecule has 9 heteroatoms. The van der Waals surface area contributed by atoms with Crippen molar-refractivity contribution in [2.24, 2.45) is 0 Å². The zero-order valence-corrected chi connectivity index (χ0v) is 18.4. The van der Waals surface area contributed by atoms with Gasteiger partial charge >= 0.3 is 0 Å². The van der Waals surface area contributed by atoms with E-state index in [9.17, 15) is 8.42 Å². The van der Waals surface area contributed by atoms with Gasteiger partial charge in [0, 0.05) is 35.5 Å². The van der Waals surface area contributed by atoms with Gasteiger partial charge in [0.05, 0.1) is 10.3 Å². The predicted molar refractivity (Wildman–Crippen MR) is 115 cm³/mol. The van der Waals surface area contributed by atoms with Crippen LogP contribution in [0.2, 0.25) is 0 Å². The fraction of sp³-hybridized carbons (Fsp3) is 0.368. The maximum atomic E-state index is 13.0. The summed E-state index contributed by atoms with van der Waals surface area (Å²) in [4.78, 5) is 14.1. The molecule has 0 atom stereocenters. The molecule has 0 spiro atoms. The van der Waals surface area contributed by atoms with Crippen molar-refractivity contribution in [2.75, 3.05) is 31.1 Å². The Morgan fingerprint density at radius 3 is 2.61 bits per heavy atom. The number of halogens is 1. The minimum Gasteiger partial charge on any atom is -0.353 e. The molecule has 2 aliphatic rings. The Kier molecular flexibility index (Phi) is 4.65. The highest BCUT2D eigenvalue weighted by Gasteiger charge is 2.31. The highest BCUT2D eigenvalue weighted by atomic mass is 79.9. The molecular formula is C19H19BrN4O2S2. The number of anilines is 1. The van der Waals surface area contributed by atoms with E-state index < -0.39 is 10.0 Å². The number of thiophene rings is 1. The lowest BCUT2D eigenvalue weighted by molar-refractivity contribution is 0.384. The molecule has 28 heavy (non-hydrogen) atoms.